The fourth-order valence-corrected chi connectivity index (χ4v) is 5.87. The second kappa shape index (κ2) is 9.95. The third-order valence-electron chi connectivity index (χ3n) is 7.69. The van der Waals surface area contributed by atoms with Gasteiger partial charge in [-0.15, -0.1) is 0 Å². The van der Waals surface area contributed by atoms with Gasteiger partial charge < -0.3 is 4.42 Å². The summed E-state index contributed by atoms with van der Waals surface area (Å²) in [4.78, 5) is 14.0. The maximum atomic E-state index is 6.51. The normalized spacial score (nSPS) is 11.5. The molecule has 0 N–H and O–H groups in total. The fraction of sp³-hybridized carbons (Fsp3) is 0. The van der Waals surface area contributed by atoms with Crippen molar-refractivity contribution in [2.24, 2.45) is 0 Å². The molecule has 0 aliphatic carbocycles. The highest BCUT2D eigenvalue weighted by molar-refractivity contribution is 6.28. The highest BCUT2D eigenvalue weighted by Crippen LogP contribution is 2.36. The number of hydrogen-bond donors (Lipinski definition) is 0. The molecule has 42 heavy (non-hydrogen) atoms. The van der Waals surface area contributed by atoms with Crippen LogP contribution in [0.2, 0.25) is 5.28 Å². The summed E-state index contributed by atoms with van der Waals surface area (Å²) in [5.74, 6) is 1.06. The smallest absolute Gasteiger partial charge is 0.226 e. The van der Waals surface area contributed by atoms with Crippen LogP contribution in [0.5, 0.6) is 0 Å². The molecule has 4 nitrogen and oxygen atoms in total. The number of furan rings is 1. The summed E-state index contributed by atoms with van der Waals surface area (Å²) in [6.45, 7) is 0. The Labute approximate surface area is 246 Å². The van der Waals surface area contributed by atoms with Gasteiger partial charge in [-0.25, -0.2) is 4.98 Å². The number of halogens is 1. The van der Waals surface area contributed by atoms with E-state index in [-0.39, 0.29) is 5.28 Å². The minimum atomic E-state index is 0.153. The summed E-state index contributed by atoms with van der Waals surface area (Å²) in [5, 5.41) is 4.55. The van der Waals surface area contributed by atoms with Crippen molar-refractivity contribution in [3.63, 3.8) is 0 Å². The molecule has 5 heteroatoms. The van der Waals surface area contributed by atoms with Crippen LogP contribution in [0.15, 0.2) is 138 Å². The van der Waals surface area contributed by atoms with Gasteiger partial charge in [-0.2, -0.15) is 9.97 Å². The summed E-state index contributed by atoms with van der Waals surface area (Å²) in [5.41, 5.74) is 7.90. The topological polar surface area (TPSA) is 51.8 Å². The minimum absolute atomic E-state index is 0.153. The summed E-state index contributed by atoms with van der Waals surface area (Å²) in [7, 11) is 0. The number of para-hydroxylation sites is 1. The zero-order valence-corrected chi connectivity index (χ0v) is 23.1. The molecule has 0 spiro atoms. The first kappa shape index (κ1) is 24.5. The monoisotopic (exact) mass is 559 g/mol. The van der Waals surface area contributed by atoms with Crippen LogP contribution in [-0.4, -0.2) is 15.0 Å². The summed E-state index contributed by atoms with van der Waals surface area (Å²) >= 11 is 6.51. The lowest BCUT2D eigenvalue weighted by atomic mass is 9.95. The molecular formula is C37H22ClN3O. The van der Waals surface area contributed by atoms with Gasteiger partial charge in [0.25, 0.3) is 0 Å². The fourth-order valence-electron chi connectivity index (χ4n) is 5.71. The first-order valence-corrected chi connectivity index (χ1v) is 14.1. The summed E-state index contributed by atoms with van der Waals surface area (Å²) in [6, 6.07) is 45.5. The van der Waals surface area contributed by atoms with E-state index in [0.717, 1.165) is 66.1 Å². The third kappa shape index (κ3) is 4.21. The van der Waals surface area contributed by atoms with Crippen molar-refractivity contribution in [2.75, 3.05) is 0 Å². The molecule has 0 atom stereocenters. The molecule has 0 bridgehead atoms. The maximum absolute atomic E-state index is 6.51. The van der Waals surface area contributed by atoms with Crippen molar-refractivity contribution < 1.29 is 4.42 Å². The molecule has 198 valence electrons. The molecule has 0 fully saturated rings. The molecule has 0 unspecified atom stereocenters. The van der Waals surface area contributed by atoms with E-state index in [4.69, 9.17) is 21.0 Å². The van der Waals surface area contributed by atoms with Crippen LogP contribution in [0.25, 0.3) is 77.7 Å². The zero-order chi connectivity index (χ0) is 28.0. The van der Waals surface area contributed by atoms with Gasteiger partial charge in [0.15, 0.2) is 11.6 Å². The van der Waals surface area contributed by atoms with Gasteiger partial charge in [-0.3, -0.25) is 0 Å². The van der Waals surface area contributed by atoms with Crippen molar-refractivity contribution in [3.8, 4) is 45.0 Å². The van der Waals surface area contributed by atoms with Crippen molar-refractivity contribution in [1.82, 2.24) is 15.0 Å². The highest BCUT2D eigenvalue weighted by Gasteiger charge is 2.15. The Morgan fingerprint density at radius 2 is 1.02 bits per heavy atom. The molecule has 8 aromatic rings. The van der Waals surface area contributed by atoms with Crippen molar-refractivity contribution in [3.05, 3.63) is 139 Å². The quantitative estimate of drug-likeness (QED) is 0.215. The summed E-state index contributed by atoms with van der Waals surface area (Å²) in [6.07, 6.45) is 0. The lowest BCUT2D eigenvalue weighted by Gasteiger charge is -2.12. The Bertz CT molecular complexity index is 2270. The number of aromatic nitrogens is 3. The number of hydrogen-bond acceptors (Lipinski definition) is 4. The van der Waals surface area contributed by atoms with Gasteiger partial charge in [-0.1, -0.05) is 103 Å². The van der Waals surface area contributed by atoms with E-state index in [1.807, 2.05) is 42.5 Å². The van der Waals surface area contributed by atoms with Gasteiger partial charge in [-0.05, 0) is 75.0 Å². The first-order valence-electron chi connectivity index (χ1n) is 13.7. The number of fused-ring (bicyclic) bond motifs is 4. The van der Waals surface area contributed by atoms with Gasteiger partial charge in [0.2, 0.25) is 5.28 Å². The van der Waals surface area contributed by atoms with Crippen LogP contribution in [0.3, 0.4) is 0 Å². The van der Waals surface area contributed by atoms with Gasteiger partial charge in [0.1, 0.15) is 11.2 Å². The molecule has 8 rings (SSSR count). The SMILES string of the molecule is Clc1nc(-c2cccc(-c3ccc4c(c3)oc3ccccc34)c2)nc(-c2ccc(-c3ccccc3)c3ccccc23)n1. The average Bonchev–Trinajstić information content (AvgIpc) is 3.42. The van der Waals surface area contributed by atoms with E-state index < -0.39 is 0 Å². The predicted molar refractivity (Wildman–Crippen MR) is 171 cm³/mol. The molecule has 0 radical (unpaired) electrons. The Morgan fingerprint density at radius 3 is 1.88 bits per heavy atom. The Kier molecular flexibility index (Phi) is 5.80. The molecular weight excluding hydrogens is 538 g/mol. The van der Waals surface area contributed by atoms with E-state index in [0.29, 0.717) is 11.6 Å². The molecule has 6 aromatic carbocycles. The van der Waals surface area contributed by atoms with E-state index in [1.54, 1.807) is 0 Å². The molecule has 0 saturated carbocycles. The average molecular weight is 560 g/mol. The molecule has 2 heterocycles. The first-order chi connectivity index (χ1) is 20.7. The minimum Gasteiger partial charge on any atom is -0.456 e. The molecule has 0 saturated heterocycles. The van der Waals surface area contributed by atoms with Crippen LogP contribution in [0.1, 0.15) is 0 Å². The standard InChI is InChI=1S/C37H22ClN3O/c38-37-40-35(26-12-8-11-24(21-26)25-17-18-31-30-15-6-7-16-33(30)42-34(31)22-25)39-36(41-37)32-20-19-27(23-9-2-1-3-10-23)28-13-4-5-14-29(28)32/h1-22H. The van der Waals surface area contributed by atoms with Gasteiger partial charge >= 0.3 is 0 Å². The third-order valence-corrected chi connectivity index (χ3v) is 7.86. The van der Waals surface area contributed by atoms with E-state index >= 15 is 0 Å². The van der Waals surface area contributed by atoms with Gasteiger partial charge in [0.05, 0.1) is 0 Å². The van der Waals surface area contributed by atoms with Crippen molar-refractivity contribution >= 4 is 44.3 Å². The number of benzene rings is 6. The van der Waals surface area contributed by atoms with Crippen LogP contribution in [0.4, 0.5) is 0 Å². The molecule has 2 aromatic heterocycles. The molecule has 0 aliphatic rings. The summed E-state index contributed by atoms with van der Waals surface area (Å²) < 4.78 is 6.13. The number of rotatable bonds is 4. The Morgan fingerprint density at radius 1 is 0.405 bits per heavy atom. The van der Waals surface area contributed by atoms with Crippen molar-refractivity contribution in [2.45, 2.75) is 0 Å². The Balaban J connectivity index is 1.22. The number of nitrogens with zero attached hydrogens (tertiary/aromatic N) is 3. The molecule has 0 aliphatic heterocycles. The van der Waals surface area contributed by atoms with E-state index in [9.17, 15) is 0 Å². The second-order valence-electron chi connectivity index (χ2n) is 10.2. The van der Waals surface area contributed by atoms with Crippen LogP contribution < -0.4 is 0 Å². The van der Waals surface area contributed by atoms with Crippen LogP contribution >= 0.6 is 11.6 Å². The lowest BCUT2D eigenvalue weighted by molar-refractivity contribution is 0.669. The Hall–Kier alpha value is -5.32. The van der Waals surface area contributed by atoms with Crippen LogP contribution in [-0.2, 0) is 0 Å². The van der Waals surface area contributed by atoms with E-state index in [1.165, 1.54) is 0 Å². The molecule has 0 amide bonds. The van der Waals surface area contributed by atoms with E-state index in [2.05, 4.69) is 101 Å². The predicted octanol–water partition coefficient (Wildman–Crippen LogP) is 10.2. The lowest BCUT2D eigenvalue weighted by Crippen LogP contribution is -1.98. The highest BCUT2D eigenvalue weighted by atomic mass is 35.5. The van der Waals surface area contributed by atoms with Crippen LogP contribution in [0, 0.1) is 0 Å². The zero-order valence-electron chi connectivity index (χ0n) is 22.3. The maximum Gasteiger partial charge on any atom is 0.226 e. The van der Waals surface area contributed by atoms with Crippen molar-refractivity contribution in [1.29, 1.82) is 0 Å². The second-order valence-corrected chi connectivity index (χ2v) is 10.6. The van der Waals surface area contributed by atoms with Gasteiger partial charge in [0, 0.05) is 21.9 Å². The largest absolute Gasteiger partial charge is 0.456 e.